The second-order valence-electron chi connectivity index (χ2n) is 7.14. The number of H-pyrrole nitrogens is 1. The summed E-state index contributed by atoms with van der Waals surface area (Å²) < 4.78 is 0. The molecule has 0 amide bonds. The van der Waals surface area contributed by atoms with Crippen molar-refractivity contribution in [1.82, 2.24) is 10.3 Å². The molecular formula is C19H26N2. The zero-order valence-electron chi connectivity index (χ0n) is 13.0. The van der Waals surface area contributed by atoms with E-state index in [9.17, 15) is 0 Å². The van der Waals surface area contributed by atoms with Crippen molar-refractivity contribution in [2.45, 2.75) is 51.0 Å². The average molecular weight is 282 g/mol. The van der Waals surface area contributed by atoms with Crippen LogP contribution in [0, 0.1) is 11.8 Å². The molecule has 3 aliphatic rings. The van der Waals surface area contributed by atoms with Crippen LogP contribution in [0.1, 0.15) is 44.6 Å². The van der Waals surface area contributed by atoms with Crippen molar-refractivity contribution in [3.05, 3.63) is 36.0 Å². The maximum Gasteiger partial charge on any atom is 0.0456 e. The molecule has 1 saturated carbocycles. The number of hydrogen-bond acceptors (Lipinski definition) is 1. The standard InChI is InChI=1S/C19H26N2/c1-2-16-11-14-7-9-19(16,21-12-14)10-8-15-13-20-18-6-4-3-5-17(15)18/h3-6,13-14,16,20-21H,2,7-12H2,1H3. The molecule has 2 aliphatic heterocycles. The van der Waals surface area contributed by atoms with Crippen molar-refractivity contribution in [2.24, 2.45) is 11.8 Å². The third kappa shape index (κ3) is 2.20. The Bertz CT molecular complexity index is 619. The summed E-state index contributed by atoms with van der Waals surface area (Å²) in [5.74, 6) is 1.83. The third-order valence-corrected chi connectivity index (χ3v) is 6.15. The number of nitrogens with one attached hydrogen (secondary N) is 2. The van der Waals surface area contributed by atoms with Crippen LogP contribution in [0.5, 0.6) is 0 Å². The van der Waals surface area contributed by atoms with Crippen molar-refractivity contribution >= 4 is 10.9 Å². The van der Waals surface area contributed by atoms with Crippen LogP contribution in [0.3, 0.4) is 0 Å². The molecule has 3 unspecified atom stereocenters. The number of aromatic nitrogens is 1. The summed E-state index contributed by atoms with van der Waals surface area (Å²) in [6, 6.07) is 8.69. The van der Waals surface area contributed by atoms with Gasteiger partial charge in [-0.1, -0.05) is 31.5 Å². The minimum atomic E-state index is 0.419. The van der Waals surface area contributed by atoms with E-state index in [0.29, 0.717) is 5.54 Å². The van der Waals surface area contributed by atoms with Crippen molar-refractivity contribution in [3.8, 4) is 0 Å². The van der Waals surface area contributed by atoms with Crippen LogP contribution < -0.4 is 5.32 Å². The predicted octanol–water partition coefficient (Wildman–Crippen LogP) is 4.27. The van der Waals surface area contributed by atoms with E-state index in [4.69, 9.17) is 0 Å². The molecule has 2 nitrogen and oxygen atoms in total. The summed E-state index contributed by atoms with van der Waals surface area (Å²) >= 11 is 0. The van der Waals surface area contributed by atoms with Gasteiger partial charge in [0.15, 0.2) is 0 Å². The summed E-state index contributed by atoms with van der Waals surface area (Å²) in [6.45, 7) is 3.63. The van der Waals surface area contributed by atoms with Gasteiger partial charge in [-0.15, -0.1) is 0 Å². The molecule has 2 aromatic rings. The number of hydrogen-bond donors (Lipinski definition) is 2. The van der Waals surface area contributed by atoms with Crippen LogP contribution >= 0.6 is 0 Å². The van der Waals surface area contributed by atoms with Gasteiger partial charge in [0, 0.05) is 22.6 Å². The summed E-state index contributed by atoms with van der Waals surface area (Å²) in [5.41, 5.74) is 3.18. The Morgan fingerprint density at radius 1 is 1.29 bits per heavy atom. The zero-order chi connectivity index (χ0) is 14.3. The molecule has 21 heavy (non-hydrogen) atoms. The second-order valence-corrected chi connectivity index (χ2v) is 7.14. The first-order chi connectivity index (χ1) is 10.3. The van der Waals surface area contributed by atoms with Gasteiger partial charge in [0.1, 0.15) is 0 Å². The predicted molar refractivity (Wildman–Crippen MR) is 88.5 cm³/mol. The fourth-order valence-electron chi connectivity index (χ4n) is 4.85. The normalized spacial score (nSPS) is 31.9. The molecule has 3 heterocycles. The lowest BCUT2D eigenvalue weighted by atomic mass is 9.62. The van der Waals surface area contributed by atoms with E-state index in [0.717, 1.165) is 11.8 Å². The molecule has 2 bridgehead atoms. The van der Waals surface area contributed by atoms with Crippen LogP contribution in [0.15, 0.2) is 30.5 Å². The molecule has 1 aromatic heterocycles. The minimum absolute atomic E-state index is 0.419. The molecule has 2 heteroatoms. The molecule has 1 aromatic carbocycles. The van der Waals surface area contributed by atoms with Crippen LogP contribution in [0.2, 0.25) is 0 Å². The van der Waals surface area contributed by atoms with Gasteiger partial charge < -0.3 is 10.3 Å². The highest BCUT2D eigenvalue weighted by Crippen LogP contribution is 2.45. The lowest BCUT2D eigenvalue weighted by Crippen LogP contribution is -2.61. The Kier molecular flexibility index (Phi) is 3.30. The highest BCUT2D eigenvalue weighted by molar-refractivity contribution is 5.83. The molecule has 112 valence electrons. The maximum absolute atomic E-state index is 3.93. The highest BCUT2D eigenvalue weighted by Gasteiger charge is 2.45. The van der Waals surface area contributed by atoms with E-state index < -0.39 is 0 Å². The molecule has 3 atom stereocenters. The van der Waals surface area contributed by atoms with Crippen molar-refractivity contribution < 1.29 is 0 Å². The number of para-hydroxylation sites is 1. The molecule has 2 saturated heterocycles. The van der Waals surface area contributed by atoms with Gasteiger partial charge in [-0.2, -0.15) is 0 Å². The minimum Gasteiger partial charge on any atom is -0.361 e. The van der Waals surface area contributed by atoms with Gasteiger partial charge in [-0.05, 0) is 62.1 Å². The van der Waals surface area contributed by atoms with Gasteiger partial charge in [0.2, 0.25) is 0 Å². The van der Waals surface area contributed by atoms with E-state index in [1.165, 1.54) is 61.5 Å². The quantitative estimate of drug-likeness (QED) is 0.861. The topological polar surface area (TPSA) is 27.8 Å². The lowest BCUT2D eigenvalue weighted by molar-refractivity contribution is 0.0383. The molecule has 1 aliphatic carbocycles. The van der Waals surface area contributed by atoms with Crippen LogP contribution in [0.4, 0.5) is 0 Å². The lowest BCUT2D eigenvalue weighted by Gasteiger charge is -2.53. The molecular weight excluding hydrogens is 256 g/mol. The second kappa shape index (κ2) is 5.17. The Hall–Kier alpha value is -1.28. The Labute approximate surface area is 127 Å². The highest BCUT2D eigenvalue weighted by atomic mass is 15.0. The first kappa shape index (κ1) is 13.4. The van der Waals surface area contributed by atoms with Gasteiger partial charge in [-0.3, -0.25) is 0 Å². The van der Waals surface area contributed by atoms with E-state index >= 15 is 0 Å². The molecule has 0 spiro atoms. The summed E-state index contributed by atoms with van der Waals surface area (Å²) in [5, 5.41) is 5.34. The van der Waals surface area contributed by atoms with Crippen molar-refractivity contribution in [3.63, 3.8) is 0 Å². The zero-order valence-corrected chi connectivity index (χ0v) is 13.0. The number of fused-ring (bicyclic) bond motifs is 4. The summed E-state index contributed by atoms with van der Waals surface area (Å²) in [4.78, 5) is 3.42. The van der Waals surface area contributed by atoms with E-state index in [1.807, 2.05) is 0 Å². The number of benzene rings is 1. The van der Waals surface area contributed by atoms with Crippen LogP contribution in [-0.4, -0.2) is 17.1 Å². The van der Waals surface area contributed by atoms with Gasteiger partial charge in [0.25, 0.3) is 0 Å². The molecule has 3 fully saturated rings. The third-order valence-electron chi connectivity index (χ3n) is 6.15. The van der Waals surface area contributed by atoms with Gasteiger partial charge in [-0.25, -0.2) is 0 Å². The molecule has 2 N–H and O–H groups in total. The fourth-order valence-corrected chi connectivity index (χ4v) is 4.85. The first-order valence-corrected chi connectivity index (χ1v) is 8.61. The average Bonchev–Trinajstić information content (AvgIpc) is 2.97. The van der Waals surface area contributed by atoms with E-state index in [1.54, 1.807) is 0 Å². The first-order valence-electron chi connectivity index (χ1n) is 8.61. The maximum atomic E-state index is 3.93. The smallest absolute Gasteiger partial charge is 0.0456 e. The van der Waals surface area contributed by atoms with E-state index in [2.05, 4.69) is 47.7 Å². The van der Waals surface area contributed by atoms with Crippen molar-refractivity contribution in [2.75, 3.05) is 6.54 Å². The number of rotatable bonds is 4. The number of aromatic amines is 1. The summed E-state index contributed by atoms with van der Waals surface area (Å²) in [6.07, 6.45) is 10.3. The number of piperidine rings is 2. The Balaban J connectivity index is 1.55. The van der Waals surface area contributed by atoms with Crippen LogP contribution in [-0.2, 0) is 6.42 Å². The molecule has 0 radical (unpaired) electrons. The van der Waals surface area contributed by atoms with E-state index in [-0.39, 0.29) is 0 Å². The monoisotopic (exact) mass is 282 g/mol. The summed E-state index contributed by atoms with van der Waals surface area (Å²) in [7, 11) is 0. The number of aryl methyl sites for hydroxylation is 1. The van der Waals surface area contributed by atoms with Crippen LogP contribution in [0.25, 0.3) is 10.9 Å². The Morgan fingerprint density at radius 2 is 2.19 bits per heavy atom. The molecule has 5 rings (SSSR count). The van der Waals surface area contributed by atoms with Gasteiger partial charge >= 0.3 is 0 Å². The largest absolute Gasteiger partial charge is 0.361 e. The fraction of sp³-hybridized carbons (Fsp3) is 0.579. The van der Waals surface area contributed by atoms with Gasteiger partial charge in [0.05, 0.1) is 0 Å². The van der Waals surface area contributed by atoms with Crippen molar-refractivity contribution in [1.29, 1.82) is 0 Å². The Morgan fingerprint density at radius 3 is 3.00 bits per heavy atom. The SMILES string of the molecule is CCC1CC2CCC1(CCc1c[nH]c3ccccc13)NC2.